The molecular weight excluding hydrogens is 470 g/mol. The summed E-state index contributed by atoms with van der Waals surface area (Å²) in [6.45, 7) is 5.87. The van der Waals surface area contributed by atoms with E-state index in [4.69, 9.17) is 11.6 Å². The second-order valence-electron chi connectivity index (χ2n) is 8.26. The number of phenols is 1. The summed E-state index contributed by atoms with van der Waals surface area (Å²) in [6.07, 6.45) is 0.0945. The SMILES string of the molecule is CCC(C)(NC(=O)[C@H](C)c1c(C)n(C(=O)c2ccc(Cl)c(F)c2)c2ccc(O)c(F)c12)C(=O)O. The number of hydrogen-bond donors (Lipinski definition) is 3. The van der Waals surface area contributed by atoms with Crippen LogP contribution in [0.1, 0.15) is 54.7 Å². The third-order valence-corrected chi connectivity index (χ3v) is 6.42. The van der Waals surface area contributed by atoms with E-state index in [1.165, 1.54) is 39.0 Å². The molecule has 0 aliphatic rings. The Morgan fingerprint density at radius 2 is 1.85 bits per heavy atom. The van der Waals surface area contributed by atoms with E-state index < -0.39 is 46.6 Å². The molecule has 3 rings (SSSR count). The summed E-state index contributed by atoms with van der Waals surface area (Å²) in [6, 6.07) is 5.85. The summed E-state index contributed by atoms with van der Waals surface area (Å²) in [4.78, 5) is 38.0. The lowest BCUT2D eigenvalue weighted by Crippen LogP contribution is -2.52. The smallest absolute Gasteiger partial charge is 0.329 e. The van der Waals surface area contributed by atoms with E-state index in [-0.39, 0.29) is 39.2 Å². The average molecular weight is 493 g/mol. The molecule has 1 heterocycles. The second kappa shape index (κ2) is 9.06. The van der Waals surface area contributed by atoms with Gasteiger partial charge in [-0.1, -0.05) is 18.5 Å². The third-order valence-electron chi connectivity index (χ3n) is 6.11. The van der Waals surface area contributed by atoms with E-state index >= 15 is 4.39 Å². The van der Waals surface area contributed by atoms with Gasteiger partial charge in [-0.3, -0.25) is 14.2 Å². The monoisotopic (exact) mass is 492 g/mol. The molecule has 1 unspecified atom stereocenters. The van der Waals surface area contributed by atoms with Crippen molar-refractivity contribution in [1.82, 2.24) is 9.88 Å². The van der Waals surface area contributed by atoms with Gasteiger partial charge < -0.3 is 15.5 Å². The quantitative estimate of drug-likeness (QED) is 0.460. The number of hydrogen-bond acceptors (Lipinski definition) is 4. The minimum Gasteiger partial charge on any atom is -0.505 e. The molecular formula is C24H23ClF2N2O5. The number of carboxylic acids is 1. The molecule has 2 atom stereocenters. The van der Waals surface area contributed by atoms with Crippen LogP contribution in [0.5, 0.6) is 5.75 Å². The summed E-state index contributed by atoms with van der Waals surface area (Å²) >= 11 is 5.71. The van der Waals surface area contributed by atoms with Crippen LogP contribution >= 0.6 is 11.6 Å². The van der Waals surface area contributed by atoms with Crippen molar-refractivity contribution in [3.8, 4) is 5.75 Å². The van der Waals surface area contributed by atoms with E-state index in [2.05, 4.69) is 5.32 Å². The highest BCUT2D eigenvalue weighted by molar-refractivity contribution is 6.30. The molecule has 0 spiro atoms. The number of carbonyl (C=O) groups is 3. The van der Waals surface area contributed by atoms with Gasteiger partial charge in [0.05, 0.1) is 16.5 Å². The molecule has 2 aromatic carbocycles. The van der Waals surface area contributed by atoms with Crippen molar-refractivity contribution in [2.45, 2.75) is 45.6 Å². The van der Waals surface area contributed by atoms with Crippen LogP contribution in [0.15, 0.2) is 30.3 Å². The van der Waals surface area contributed by atoms with Gasteiger partial charge in [-0.15, -0.1) is 0 Å². The lowest BCUT2D eigenvalue weighted by atomic mass is 9.93. The van der Waals surface area contributed by atoms with E-state index in [0.29, 0.717) is 0 Å². The number of halogens is 3. The lowest BCUT2D eigenvalue weighted by Gasteiger charge is -2.26. The maximum atomic E-state index is 15.1. The summed E-state index contributed by atoms with van der Waals surface area (Å²) in [7, 11) is 0. The van der Waals surface area contributed by atoms with Crippen molar-refractivity contribution >= 4 is 40.3 Å². The Morgan fingerprint density at radius 3 is 2.41 bits per heavy atom. The number of phenolic OH excluding ortho intramolecular Hbond substituents is 1. The van der Waals surface area contributed by atoms with Crippen LogP contribution in [0, 0.1) is 18.6 Å². The molecule has 3 N–H and O–H groups in total. The molecule has 0 bridgehead atoms. The van der Waals surface area contributed by atoms with Crippen LogP contribution in [0.2, 0.25) is 5.02 Å². The minimum absolute atomic E-state index is 0.0549. The number of aromatic nitrogens is 1. The topological polar surface area (TPSA) is 109 Å². The van der Waals surface area contributed by atoms with E-state index in [1.807, 2.05) is 0 Å². The maximum Gasteiger partial charge on any atom is 0.329 e. The van der Waals surface area contributed by atoms with Gasteiger partial charge in [-0.05, 0) is 63.1 Å². The van der Waals surface area contributed by atoms with Gasteiger partial charge in [0.15, 0.2) is 11.6 Å². The highest BCUT2D eigenvalue weighted by Gasteiger charge is 2.36. The van der Waals surface area contributed by atoms with Crippen molar-refractivity contribution in [2.75, 3.05) is 0 Å². The molecule has 180 valence electrons. The predicted octanol–water partition coefficient (Wildman–Crippen LogP) is 4.75. The summed E-state index contributed by atoms with van der Waals surface area (Å²) in [5.41, 5.74) is -1.30. The van der Waals surface area contributed by atoms with Gasteiger partial charge in [0.2, 0.25) is 5.91 Å². The van der Waals surface area contributed by atoms with Crippen LogP contribution in [0.4, 0.5) is 8.78 Å². The van der Waals surface area contributed by atoms with Crippen molar-refractivity contribution in [1.29, 1.82) is 0 Å². The van der Waals surface area contributed by atoms with Gasteiger partial charge in [0.1, 0.15) is 11.4 Å². The van der Waals surface area contributed by atoms with Crippen molar-refractivity contribution in [3.63, 3.8) is 0 Å². The number of nitrogens with zero attached hydrogens (tertiary/aromatic N) is 1. The molecule has 1 amide bonds. The number of aliphatic carboxylic acids is 1. The lowest BCUT2D eigenvalue weighted by molar-refractivity contribution is -0.147. The molecule has 0 saturated carbocycles. The number of nitrogens with one attached hydrogen (secondary N) is 1. The Balaban J connectivity index is 2.21. The zero-order chi connectivity index (χ0) is 25.5. The second-order valence-corrected chi connectivity index (χ2v) is 8.67. The summed E-state index contributed by atoms with van der Waals surface area (Å²) in [5.74, 6) is -6.29. The number of rotatable bonds is 6. The van der Waals surface area contributed by atoms with E-state index in [0.717, 1.165) is 16.7 Å². The normalized spacial score (nSPS) is 14.0. The van der Waals surface area contributed by atoms with Crippen LogP contribution in [-0.4, -0.2) is 38.1 Å². The molecule has 0 aliphatic carbocycles. The van der Waals surface area contributed by atoms with Crippen molar-refractivity contribution in [3.05, 3.63) is 63.8 Å². The van der Waals surface area contributed by atoms with Gasteiger partial charge in [-0.2, -0.15) is 0 Å². The number of carboxylic acid groups (broad SMARTS) is 1. The van der Waals surface area contributed by atoms with Crippen LogP contribution in [0.25, 0.3) is 10.9 Å². The largest absolute Gasteiger partial charge is 0.505 e. The fourth-order valence-electron chi connectivity index (χ4n) is 3.83. The van der Waals surface area contributed by atoms with Crippen molar-refractivity contribution < 1.29 is 33.4 Å². The first-order valence-corrected chi connectivity index (χ1v) is 10.8. The summed E-state index contributed by atoms with van der Waals surface area (Å²) in [5, 5.41) is 21.6. The fraction of sp³-hybridized carbons (Fsp3) is 0.292. The number of amides is 1. The number of benzene rings is 2. The van der Waals surface area contributed by atoms with Gasteiger partial charge in [0, 0.05) is 16.6 Å². The van der Waals surface area contributed by atoms with E-state index in [9.17, 15) is 29.0 Å². The number of carbonyl (C=O) groups excluding carboxylic acids is 2. The Labute approximate surface area is 198 Å². The van der Waals surface area contributed by atoms with E-state index in [1.54, 1.807) is 6.92 Å². The third kappa shape index (κ3) is 4.11. The maximum absolute atomic E-state index is 15.1. The predicted molar refractivity (Wildman–Crippen MR) is 122 cm³/mol. The Bertz CT molecular complexity index is 1340. The van der Waals surface area contributed by atoms with Crippen LogP contribution < -0.4 is 5.32 Å². The van der Waals surface area contributed by atoms with Crippen LogP contribution in [0.3, 0.4) is 0 Å². The average Bonchev–Trinajstić information content (AvgIpc) is 3.09. The number of fused-ring (bicyclic) bond motifs is 1. The van der Waals surface area contributed by atoms with Gasteiger partial charge in [0.25, 0.3) is 5.91 Å². The first-order chi connectivity index (χ1) is 15.8. The highest BCUT2D eigenvalue weighted by atomic mass is 35.5. The standard InChI is InChI=1S/C24H23ClF2N2O5/c1-5-24(4,23(33)34)28-21(31)11(2)18-12(3)29(16-8-9-17(30)20(27)19(16)18)22(32)13-6-7-14(25)15(26)10-13/h6-11,30H,5H2,1-4H3,(H,28,31)(H,33,34)/t11-,24?/m1/s1. The number of aromatic hydroxyl groups is 1. The zero-order valence-electron chi connectivity index (χ0n) is 18.9. The molecule has 0 radical (unpaired) electrons. The molecule has 1 aromatic heterocycles. The Morgan fingerprint density at radius 1 is 1.21 bits per heavy atom. The van der Waals surface area contributed by atoms with Crippen LogP contribution in [-0.2, 0) is 9.59 Å². The Hall–Kier alpha value is -3.46. The zero-order valence-corrected chi connectivity index (χ0v) is 19.6. The molecule has 0 saturated heterocycles. The molecule has 0 aliphatic heterocycles. The molecule has 3 aromatic rings. The van der Waals surface area contributed by atoms with Gasteiger partial charge >= 0.3 is 5.97 Å². The van der Waals surface area contributed by atoms with Crippen molar-refractivity contribution in [2.24, 2.45) is 0 Å². The Kier molecular flexibility index (Phi) is 6.71. The first-order valence-electron chi connectivity index (χ1n) is 10.4. The molecule has 34 heavy (non-hydrogen) atoms. The molecule has 10 heteroatoms. The first kappa shape index (κ1) is 25.2. The minimum atomic E-state index is -1.56. The van der Waals surface area contributed by atoms with Gasteiger partial charge in [-0.25, -0.2) is 13.6 Å². The summed E-state index contributed by atoms with van der Waals surface area (Å²) < 4.78 is 30.2. The molecule has 7 nitrogen and oxygen atoms in total. The molecule has 0 fully saturated rings. The highest BCUT2D eigenvalue weighted by Crippen LogP contribution is 2.37. The fourth-order valence-corrected chi connectivity index (χ4v) is 3.95.